The van der Waals surface area contributed by atoms with Gasteiger partial charge in [0.2, 0.25) is 5.91 Å². The van der Waals surface area contributed by atoms with E-state index in [-0.39, 0.29) is 10.6 Å². The summed E-state index contributed by atoms with van der Waals surface area (Å²) in [5.41, 5.74) is -1.58. The van der Waals surface area contributed by atoms with Crippen LogP contribution in [0, 0.1) is 0 Å². The van der Waals surface area contributed by atoms with Crippen molar-refractivity contribution >= 4 is 50.3 Å². The first-order valence-corrected chi connectivity index (χ1v) is 10.5. The summed E-state index contributed by atoms with van der Waals surface area (Å²) < 4.78 is 6.36. The average molecular weight is 522 g/mol. The monoisotopic (exact) mass is 520 g/mol. The van der Waals surface area contributed by atoms with Gasteiger partial charge in [0.15, 0.2) is 5.60 Å². The number of aromatic amines is 1. The van der Waals surface area contributed by atoms with Crippen molar-refractivity contribution in [2.45, 2.75) is 49.4 Å². The maximum absolute atomic E-state index is 12.5. The van der Waals surface area contributed by atoms with Crippen LogP contribution in [0.1, 0.15) is 18.9 Å². The molecule has 1 aliphatic rings. The van der Waals surface area contributed by atoms with E-state index < -0.39 is 61.0 Å². The number of carboxylic acid groups (broad SMARTS) is 1. The molecule has 1 aromatic carbocycles. The van der Waals surface area contributed by atoms with E-state index in [0.29, 0.717) is 15.4 Å². The normalized spacial score (nSPS) is 28.3. The predicted molar refractivity (Wildman–Crippen MR) is 113 cm³/mol. The number of benzene rings is 1. The zero-order chi connectivity index (χ0) is 23.1. The third kappa shape index (κ3) is 4.19. The van der Waals surface area contributed by atoms with E-state index in [0.717, 1.165) is 0 Å². The van der Waals surface area contributed by atoms with Crippen molar-refractivity contribution in [2.75, 3.05) is 6.61 Å². The Labute approximate surface area is 189 Å². The van der Waals surface area contributed by atoms with Gasteiger partial charge >= 0.3 is 5.97 Å². The molecule has 12 heteroatoms. The molecule has 170 valence electrons. The number of hydrogen-bond donors (Lipinski definition) is 7. The van der Waals surface area contributed by atoms with Crippen molar-refractivity contribution in [3.05, 3.63) is 33.4 Å². The highest BCUT2D eigenvalue weighted by molar-refractivity contribution is 9.10. The summed E-state index contributed by atoms with van der Waals surface area (Å²) >= 11 is 9.70. The largest absolute Gasteiger partial charge is 0.479 e. The molecule has 2 aromatic rings. The van der Waals surface area contributed by atoms with Gasteiger partial charge < -0.3 is 40.6 Å². The molecule has 1 aromatic heterocycles. The van der Waals surface area contributed by atoms with Crippen LogP contribution in [0.25, 0.3) is 10.9 Å². The number of fused-ring (bicyclic) bond motifs is 1. The van der Waals surface area contributed by atoms with Gasteiger partial charge in [-0.2, -0.15) is 0 Å². The van der Waals surface area contributed by atoms with Crippen molar-refractivity contribution in [1.29, 1.82) is 0 Å². The van der Waals surface area contributed by atoms with Gasteiger partial charge in [0, 0.05) is 40.5 Å². The number of carboxylic acids is 1. The lowest BCUT2D eigenvalue weighted by Crippen LogP contribution is -2.66. The van der Waals surface area contributed by atoms with Crippen LogP contribution in [-0.4, -0.2) is 79.5 Å². The second kappa shape index (κ2) is 9.02. The van der Waals surface area contributed by atoms with Gasteiger partial charge in [-0.15, -0.1) is 0 Å². The van der Waals surface area contributed by atoms with Crippen molar-refractivity contribution in [3.63, 3.8) is 0 Å². The lowest BCUT2D eigenvalue weighted by Gasteiger charge is -2.47. The number of ether oxygens (including phenoxy) is 1. The van der Waals surface area contributed by atoms with E-state index >= 15 is 0 Å². The maximum atomic E-state index is 12.5. The Balaban J connectivity index is 2.18. The fourth-order valence-corrected chi connectivity index (χ4v) is 4.51. The van der Waals surface area contributed by atoms with Gasteiger partial charge in [0.1, 0.15) is 18.3 Å². The Kier molecular flexibility index (Phi) is 6.96. The number of hydrogen-bond acceptors (Lipinski definition) is 7. The highest BCUT2D eigenvalue weighted by Crippen LogP contribution is 2.45. The minimum Gasteiger partial charge on any atom is -0.479 e. The number of halogens is 2. The molecule has 0 spiro atoms. The number of rotatable bonds is 6. The quantitative estimate of drug-likeness (QED) is 0.283. The lowest BCUT2D eigenvalue weighted by atomic mass is 9.79. The van der Waals surface area contributed by atoms with Gasteiger partial charge in [-0.05, 0) is 28.1 Å². The van der Waals surface area contributed by atoms with Gasteiger partial charge in [-0.3, -0.25) is 4.79 Å². The van der Waals surface area contributed by atoms with Crippen molar-refractivity contribution in [3.8, 4) is 0 Å². The number of aromatic nitrogens is 1. The van der Waals surface area contributed by atoms with E-state index in [9.17, 15) is 35.1 Å². The molecular formula is C19H22BrClN2O8. The molecule has 0 bridgehead atoms. The molecule has 2 heterocycles. The van der Waals surface area contributed by atoms with E-state index in [4.69, 9.17) is 16.3 Å². The fourth-order valence-electron chi connectivity index (χ4n) is 3.92. The SMILES string of the molecule is CC(=O)N[C@H]1[C@H]([C@H](O)[C@H](O)CO)O[C@](C(=O)O)(c2c[nH]c3ccc(Br)c(Cl)c23)C[C@@H]1O. The summed E-state index contributed by atoms with van der Waals surface area (Å²) in [4.78, 5) is 27.1. The topological polar surface area (TPSA) is 172 Å². The molecule has 0 radical (unpaired) electrons. The molecule has 7 N–H and O–H groups in total. The summed E-state index contributed by atoms with van der Waals surface area (Å²) in [6.07, 6.45) is -5.67. The highest BCUT2D eigenvalue weighted by Gasteiger charge is 2.56. The average Bonchev–Trinajstić information content (AvgIpc) is 3.15. The molecule has 10 nitrogen and oxygen atoms in total. The van der Waals surface area contributed by atoms with E-state index in [1.807, 2.05) is 0 Å². The van der Waals surface area contributed by atoms with Gasteiger partial charge in [-0.1, -0.05) is 11.6 Å². The van der Waals surface area contributed by atoms with Crippen LogP contribution in [0.4, 0.5) is 0 Å². The maximum Gasteiger partial charge on any atom is 0.340 e. The van der Waals surface area contributed by atoms with Crippen LogP contribution >= 0.6 is 27.5 Å². The number of aliphatic hydroxyl groups is 4. The van der Waals surface area contributed by atoms with Gasteiger partial charge in [0.05, 0.1) is 23.8 Å². The molecule has 1 amide bonds. The summed E-state index contributed by atoms with van der Waals surface area (Å²) in [6.45, 7) is 0.324. The Morgan fingerprint density at radius 2 is 2.10 bits per heavy atom. The number of nitrogens with one attached hydrogen (secondary N) is 2. The number of aliphatic hydroxyl groups excluding tert-OH is 4. The van der Waals surface area contributed by atoms with Crippen LogP contribution in [0.3, 0.4) is 0 Å². The number of carbonyl (C=O) groups is 2. The van der Waals surface area contributed by atoms with Crippen LogP contribution in [-0.2, 0) is 19.9 Å². The molecular weight excluding hydrogens is 500 g/mol. The van der Waals surface area contributed by atoms with Gasteiger partial charge in [-0.25, -0.2) is 4.79 Å². The number of carbonyl (C=O) groups excluding carboxylic acids is 1. The predicted octanol–water partition coefficient (Wildman–Crippen LogP) is 0.232. The zero-order valence-corrected chi connectivity index (χ0v) is 18.6. The standard InChI is InChI=1S/C19H22BrClN2O8/c1-7(25)23-15-11(26)4-19(18(29)30,31-17(15)16(28)12(27)6-24)8-5-22-10-3-2-9(20)14(21)13(8)10/h2-3,5,11-12,15-17,22,24,26-28H,4,6H2,1H3,(H,23,25)(H,29,30)/t11-,12+,15+,16+,17+,19-/m0/s1. The number of amides is 1. The third-order valence-electron chi connectivity index (χ3n) is 5.41. The Morgan fingerprint density at radius 3 is 2.68 bits per heavy atom. The lowest BCUT2D eigenvalue weighted by molar-refractivity contribution is -0.233. The number of aliphatic carboxylic acids is 1. The molecule has 6 atom stereocenters. The first kappa shape index (κ1) is 23.9. The van der Waals surface area contributed by atoms with E-state index in [1.54, 1.807) is 12.1 Å². The van der Waals surface area contributed by atoms with Crippen LogP contribution in [0.15, 0.2) is 22.8 Å². The second-order valence-corrected chi connectivity index (χ2v) is 8.67. The Bertz CT molecular complexity index is 1000. The van der Waals surface area contributed by atoms with Crippen LogP contribution in [0.5, 0.6) is 0 Å². The molecule has 0 aliphatic carbocycles. The minimum absolute atomic E-state index is 0.0947. The fraction of sp³-hybridized carbons (Fsp3) is 0.474. The van der Waals surface area contributed by atoms with Crippen LogP contribution in [0.2, 0.25) is 5.02 Å². The van der Waals surface area contributed by atoms with Crippen molar-refractivity contribution < 1.29 is 39.9 Å². The summed E-state index contributed by atoms with van der Waals surface area (Å²) in [7, 11) is 0. The molecule has 0 saturated carbocycles. The summed E-state index contributed by atoms with van der Waals surface area (Å²) in [5.74, 6) is -2.04. The second-order valence-electron chi connectivity index (χ2n) is 7.44. The van der Waals surface area contributed by atoms with E-state index in [1.165, 1.54) is 13.1 Å². The van der Waals surface area contributed by atoms with Crippen molar-refractivity contribution in [2.24, 2.45) is 0 Å². The molecule has 1 aliphatic heterocycles. The zero-order valence-electron chi connectivity index (χ0n) is 16.2. The first-order chi connectivity index (χ1) is 14.5. The van der Waals surface area contributed by atoms with Gasteiger partial charge in [0.25, 0.3) is 0 Å². The highest BCUT2D eigenvalue weighted by atomic mass is 79.9. The Morgan fingerprint density at radius 1 is 1.42 bits per heavy atom. The van der Waals surface area contributed by atoms with Crippen molar-refractivity contribution in [1.82, 2.24) is 10.3 Å². The Hall–Kier alpha value is -1.73. The van der Waals surface area contributed by atoms with Crippen LogP contribution < -0.4 is 5.32 Å². The molecule has 0 unspecified atom stereocenters. The summed E-state index contributed by atoms with van der Waals surface area (Å²) in [5, 5.41) is 53.7. The molecule has 3 rings (SSSR count). The van der Waals surface area contributed by atoms with E-state index in [2.05, 4.69) is 26.2 Å². The first-order valence-electron chi connectivity index (χ1n) is 9.32. The molecule has 1 saturated heterocycles. The molecule has 31 heavy (non-hydrogen) atoms. The minimum atomic E-state index is -2.18. The molecule has 1 fully saturated rings. The smallest absolute Gasteiger partial charge is 0.340 e. The summed E-state index contributed by atoms with van der Waals surface area (Å²) in [6, 6.07) is 2.10. The number of H-pyrrole nitrogens is 1. The third-order valence-corrected chi connectivity index (χ3v) is 6.69.